The van der Waals surface area contributed by atoms with Gasteiger partial charge in [-0.05, 0) is 54.7 Å². The molecule has 156 valence electrons. The highest BCUT2D eigenvalue weighted by molar-refractivity contribution is 7.89. The highest BCUT2D eigenvalue weighted by Gasteiger charge is 2.32. The molecule has 2 aromatic rings. The normalized spacial score (nSPS) is 16.1. The van der Waals surface area contributed by atoms with Gasteiger partial charge in [-0.1, -0.05) is 25.4 Å². The number of amides is 1. The monoisotopic (exact) mass is 442 g/mol. The quantitative estimate of drug-likeness (QED) is 0.694. The molecule has 0 aromatic heterocycles. The second kappa shape index (κ2) is 8.38. The van der Waals surface area contributed by atoms with Crippen molar-refractivity contribution < 1.29 is 22.0 Å². The molecular formula is C20H21ClF2N2O3S. The lowest BCUT2D eigenvalue weighted by atomic mass is 10.0. The van der Waals surface area contributed by atoms with Crippen molar-refractivity contribution in [3.63, 3.8) is 0 Å². The zero-order chi connectivity index (χ0) is 21.3. The first-order valence-electron chi connectivity index (χ1n) is 9.15. The summed E-state index contributed by atoms with van der Waals surface area (Å²) in [5.74, 6) is -1.91. The predicted octanol–water partition coefficient (Wildman–Crippen LogP) is 4.43. The predicted molar refractivity (Wildman–Crippen MR) is 109 cm³/mol. The van der Waals surface area contributed by atoms with E-state index in [2.05, 4.69) is 10.0 Å². The van der Waals surface area contributed by atoms with E-state index in [0.29, 0.717) is 18.4 Å². The smallest absolute Gasteiger partial charge is 0.255 e. The molecule has 0 saturated heterocycles. The first-order chi connectivity index (χ1) is 13.6. The minimum Gasteiger partial charge on any atom is -0.322 e. The van der Waals surface area contributed by atoms with E-state index >= 15 is 0 Å². The second-order valence-corrected chi connectivity index (χ2v) is 9.66. The van der Waals surface area contributed by atoms with Gasteiger partial charge in [-0.3, -0.25) is 4.79 Å². The summed E-state index contributed by atoms with van der Waals surface area (Å²) in [5.41, 5.74) is 1.07. The molecule has 29 heavy (non-hydrogen) atoms. The third-order valence-corrected chi connectivity index (χ3v) is 6.69. The summed E-state index contributed by atoms with van der Waals surface area (Å²) in [7, 11) is -3.59. The van der Waals surface area contributed by atoms with Crippen molar-refractivity contribution in [2.45, 2.75) is 32.7 Å². The van der Waals surface area contributed by atoms with Crippen LogP contribution in [-0.2, 0) is 16.4 Å². The lowest BCUT2D eigenvalue weighted by Crippen LogP contribution is -2.31. The third kappa shape index (κ3) is 4.94. The average Bonchev–Trinajstić information content (AvgIpc) is 3.01. The van der Waals surface area contributed by atoms with E-state index in [1.165, 1.54) is 18.2 Å². The molecule has 0 spiro atoms. The van der Waals surface area contributed by atoms with Crippen LogP contribution in [0.25, 0.3) is 0 Å². The number of sulfonamides is 1. The van der Waals surface area contributed by atoms with Crippen LogP contribution < -0.4 is 10.0 Å². The Kier molecular flexibility index (Phi) is 6.26. The van der Waals surface area contributed by atoms with Crippen molar-refractivity contribution in [1.29, 1.82) is 0 Å². The molecule has 5 nitrogen and oxygen atoms in total. The molecule has 0 radical (unpaired) electrons. The second-order valence-electron chi connectivity index (χ2n) is 7.45. The summed E-state index contributed by atoms with van der Waals surface area (Å²) in [6.07, 6.45) is 0.698. The summed E-state index contributed by atoms with van der Waals surface area (Å²) >= 11 is 5.64. The molecule has 0 aliphatic heterocycles. The van der Waals surface area contributed by atoms with Crippen LogP contribution in [0.1, 0.15) is 47.8 Å². The number of carbonyl (C=O) groups is 1. The lowest BCUT2D eigenvalue weighted by Gasteiger charge is -2.17. The highest BCUT2D eigenvalue weighted by atomic mass is 35.5. The number of fused-ring (bicyclic) bond motifs is 1. The Hall–Kier alpha value is -2.03. The molecule has 2 N–H and O–H groups in total. The maximum atomic E-state index is 14.5. The zero-order valence-corrected chi connectivity index (χ0v) is 17.5. The fraction of sp³-hybridized carbons (Fsp3) is 0.350. The zero-order valence-electron chi connectivity index (χ0n) is 15.9. The molecular weight excluding hydrogens is 422 g/mol. The van der Waals surface area contributed by atoms with Gasteiger partial charge in [0.2, 0.25) is 10.0 Å². The number of benzene rings is 2. The van der Waals surface area contributed by atoms with E-state index < -0.39 is 33.6 Å². The van der Waals surface area contributed by atoms with Crippen LogP contribution in [0.5, 0.6) is 0 Å². The van der Waals surface area contributed by atoms with Gasteiger partial charge in [-0.15, -0.1) is 0 Å². The first kappa shape index (κ1) is 21.7. The van der Waals surface area contributed by atoms with Crippen LogP contribution in [0.15, 0.2) is 30.3 Å². The third-order valence-electron chi connectivity index (χ3n) is 4.63. The Balaban J connectivity index is 1.87. The van der Waals surface area contributed by atoms with Crippen molar-refractivity contribution >= 4 is 33.2 Å². The number of rotatable bonds is 6. The van der Waals surface area contributed by atoms with Crippen LogP contribution in [0.2, 0.25) is 5.02 Å². The standard InChI is InChI=1S/C20H21ClF2N2O3S/c1-11(2)10-29(27,28)25-18-8-5-13-14(4-7-16(22)19(13)18)20(26)24-12-3-6-15(21)17(23)9-12/h3-4,6-7,9,11,18,25H,5,8,10H2,1-2H3,(H,24,26)/t18-/m0/s1. The van der Waals surface area contributed by atoms with Crippen LogP contribution in [0.4, 0.5) is 14.5 Å². The number of hydrogen-bond donors (Lipinski definition) is 2. The topological polar surface area (TPSA) is 75.3 Å². The molecule has 1 aliphatic carbocycles. The molecule has 0 heterocycles. The van der Waals surface area contributed by atoms with E-state index in [0.717, 1.165) is 12.1 Å². The van der Waals surface area contributed by atoms with Crippen molar-refractivity contribution in [2.24, 2.45) is 5.92 Å². The number of halogens is 3. The van der Waals surface area contributed by atoms with Crippen molar-refractivity contribution in [3.05, 3.63) is 63.7 Å². The van der Waals surface area contributed by atoms with Gasteiger partial charge in [0.1, 0.15) is 11.6 Å². The summed E-state index contributed by atoms with van der Waals surface area (Å²) in [6.45, 7) is 3.56. The van der Waals surface area contributed by atoms with Crippen molar-refractivity contribution in [2.75, 3.05) is 11.1 Å². The highest BCUT2D eigenvalue weighted by Crippen LogP contribution is 2.36. The van der Waals surface area contributed by atoms with Gasteiger partial charge in [0.05, 0.1) is 16.8 Å². The van der Waals surface area contributed by atoms with Crippen LogP contribution in [0, 0.1) is 17.6 Å². The largest absolute Gasteiger partial charge is 0.322 e. The number of hydrogen-bond acceptors (Lipinski definition) is 3. The molecule has 3 rings (SSSR count). The molecule has 1 aliphatic rings. The summed E-state index contributed by atoms with van der Waals surface area (Å²) in [5, 5.41) is 2.50. The maximum absolute atomic E-state index is 14.5. The fourth-order valence-corrected chi connectivity index (χ4v) is 5.28. The first-order valence-corrected chi connectivity index (χ1v) is 11.2. The van der Waals surface area contributed by atoms with E-state index in [1.807, 2.05) is 0 Å². The molecule has 0 bridgehead atoms. The van der Waals surface area contributed by atoms with Gasteiger partial charge in [-0.25, -0.2) is 21.9 Å². The Morgan fingerprint density at radius 2 is 1.93 bits per heavy atom. The van der Waals surface area contributed by atoms with E-state index in [1.54, 1.807) is 13.8 Å². The van der Waals surface area contributed by atoms with Crippen LogP contribution >= 0.6 is 11.6 Å². The Morgan fingerprint density at radius 1 is 1.21 bits per heavy atom. The van der Waals surface area contributed by atoms with Crippen molar-refractivity contribution in [1.82, 2.24) is 4.72 Å². The molecule has 2 aromatic carbocycles. The number of carbonyl (C=O) groups excluding carboxylic acids is 1. The van der Waals surface area contributed by atoms with Crippen molar-refractivity contribution in [3.8, 4) is 0 Å². The molecule has 0 saturated carbocycles. The Labute approximate surface area is 173 Å². The Morgan fingerprint density at radius 3 is 2.59 bits per heavy atom. The number of anilines is 1. The van der Waals surface area contributed by atoms with Gasteiger partial charge in [0.15, 0.2) is 0 Å². The SMILES string of the molecule is CC(C)CS(=O)(=O)N[C@H]1CCc2c(C(=O)Nc3ccc(Cl)c(F)c3)ccc(F)c21. The van der Waals surface area contributed by atoms with E-state index in [9.17, 15) is 22.0 Å². The Bertz CT molecular complexity index is 1060. The molecule has 9 heteroatoms. The summed E-state index contributed by atoms with van der Waals surface area (Å²) in [4.78, 5) is 12.7. The maximum Gasteiger partial charge on any atom is 0.255 e. The molecule has 1 amide bonds. The lowest BCUT2D eigenvalue weighted by molar-refractivity contribution is 0.102. The van der Waals surface area contributed by atoms with Gasteiger partial charge in [0, 0.05) is 16.8 Å². The average molecular weight is 443 g/mol. The van der Waals surface area contributed by atoms with Gasteiger partial charge in [-0.2, -0.15) is 0 Å². The minimum atomic E-state index is -3.59. The number of nitrogens with one attached hydrogen (secondary N) is 2. The minimum absolute atomic E-state index is 0.0667. The molecule has 0 fully saturated rings. The molecule has 1 atom stereocenters. The van der Waals surface area contributed by atoms with Crippen LogP contribution in [0.3, 0.4) is 0 Å². The van der Waals surface area contributed by atoms with Crippen LogP contribution in [-0.4, -0.2) is 20.1 Å². The van der Waals surface area contributed by atoms with E-state index in [-0.39, 0.29) is 33.5 Å². The fourth-order valence-electron chi connectivity index (χ4n) is 3.52. The van der Waals surface area contributed by atoms with Gasteiger partial charge >= 0.3 is 0 Å². The van der Waals surface area contributed by atoms with Gasteiger partial charge in [0.25, 0.3) is 5.91 Å². The van der Waals surface area contributed by atoms with Gasteiger partial charge < -0.3 is 5.32 Å². The summed E-state index contributed by atoms with van der Waals surface area (Å²) < 4.78 is 55.2. The summed E-state index contributed by atoms with van der Waals surface area (Å²) in [6, 6.07) is 5.63. The van der Waals surface area contributed by atoms with E-state index in [4.69, 9.17) is 11.6 Å². The molecule has 0 unspecified atom stereocenters.